The number of morpholine rings is 1. The number of benzene rings is 1. The summed E-state index contributed by atoms with van der Waals surface area (Å²) in [6.45, 7) is 3.30. The second-order valence-corrected chi connectivity index (χ2v) is 7.15. The van der Waals surface area contributed by atoms with E-state index in [0.717, 1.165) is 12.4 Å². The van der Waals surface area contributed by atoms with Crippen LogP contribution in [-0.4, -0.2) is 65.4 Å². The number of rotatable bonds is 3. The molecule has 8 heteroatoms. The molecule has 7 nitrogen and oxygen atoms in total. The monoisotopic (exact) mass is 374 g/mol. The zero-order valence-electron chi connectivity index (χ0n) is 15.3. The molecule has 3 heterocycles. The first kappa shape index (κ1) is 18.1. The van der Waals surface area contributed by atoms with Gasteiger partial charge in [0.15, 0.2) is 0 Å². The van der Waals surface area contributed by atoms with Gasteiger partial charge in [0.05, 0.1) is 26.3 Å². The number of hydrogen-bond acceptors (Lipinski definition) is 5. The molecule has 1 aromatic heterocycles. The fourth-order valence-corrected chi connectivity index (χ4v) is 3.64. The van der Waals surface area contributed by atoms with E-state index in [-0.39, 0.29) is 18.3 Å². The van der Waals surface area contributed by atoms with Gasteiger partial charge in [-0.15, -0.1) is 0 Å². The average Bonchev–Trinajstić information content (AvgIpc) is 2.94. The summed E-state index contributed by atoms with van der Waals surface area (Å²) in [7, 11) is 1.97. The molecule has 1 amide bonds. The predicted molar refractivity (Wildman–Crippen MR) is 96.7 cm³/mol. The van der Waals surface area contributed by atoms with Crippen LogP contribution in [0.5, 0.6) is 0 Å². The molecule has 2 saturated heterocycles. The van der Waals surface area contributed by atoms with Crippen molar-refractivity contribution in [2.75, 3.05) is 44.4 Å². The fourth-order valence-electron chi connectivity index (χ4n) is 3.64. The van der Waals surface area contributed by atoms with Gasteiger partial charge in [0.25, 0.3) is 5.91 Å². The first-order chi connectivity index (χ1) is 13.0. The summed E-state index contributed by atoms with van der Waals surface area (Å²) in [5, 5.41) is 0. The lowest BCUT2D eigenvalue weighted by molar-refractivity contribution is -0.146. The Morgan fingerprint density at radius 1 is 1.33 bits per heavy atom. The lowest BCUT2D eigenvalue weighted by Gasteiger charge is -2.43. The van der Waals surface area contributed by atoms with Crippen molar-refractivity contribution in [3.63, 3.8) is 0 Å². The van der Waals surface area contributed by atoms with E-state index in [1.807, 2.05) is 17.8 Å². The van der Waals surface area contributed by atoms with Crippen molar-refractivity contribution in [2.45, 2.75) is 12.1 Å². The third kappa shape index (κ3) is 3.87. The van der Waals surface area contributed by atoms with Gasteiger partial charge in [0.1, 0.15) is 23.8 Å². The number of carbonyl (C=O) groups excluding carboxylic acids is 1. The first-order valence-corrected chi connectivity index (χ1v) is 9.01. The molecule has 0 saturated carbocycles. The smallest absolute Gasteiger partial charge is 0.253 e. The van der Waals surface area contributed by atoms with Gasteiger partial charge in [-0.25, -0.2) is 9.37 Å². The Labute approximate surface area is 157 Å². The maximum atomic E-state index is 13.6. The summed E-state index contributed by atoms with van der Waals surface area (Å²) in [6, 6.07) is 6.09. The van der Waals surface area contributed by atoms with Crippen molar-refractivity contribution in [3.05, 3.63) is 48.3 Å². The quantitative estimate of drug-likeness (QED) is 0.808. The number of halogens is 1. The Morgan fingerprint density at radius 2 is 2.22 bits per heavy atom. The standard InChI is InChI=1S/C19H23FN4O3/c1-22-6-5-21-17(22)10-23-7-8-26-14-19(12-23)13-24(18(25)11-27-19)16-4-2-3-15(20)9-16/h2-6,9H,7-8,10-14H2,1H3/t19-/m0/s1. The Hall–Kier alpha value is -2.29. The number of imidazole rings is 1. The van der Waals surface area contributed by atoms with Gasteiger partial charge in [-0.2, -0.15) is 0 Å². The summed E-state index contributed by atoms with van der Waals surface area (Å²) < 4.78 is 27.4. The number of amides is 1. The summed E-state index contributed by atoms with van der Waals surface area (Å²) >= 11 is 0. The van der Waals surface area contributed by atoms with Crippen molar-refractivity contribution in [2.24, 2.45) is 7.05 Å². The van der Waals surface area contributed by atoms with E-state index in [2.05, 4.69) is 9.88 Å². The molecular formula is C19H23FN4O3. The summed E-state index contributed by atoms with van der Waals surface area (Å²) in [6.07, 6.45) is 3.70. The first-order valence-electron chi connectivity index (χ1n) is 9.01. The zero-order valence-corrected chi connectivity index (χ0v) is 15.3. The Kier molecular flexibility index (Phi) is 4.94. The molecule has 0 aliphatic carbocycles. The number of ether oxygens (including phenoxy) is 2. The highest BCUT2D eigenvalue weighted by Crippen LogP contribution is 2.28. The van der Waals surface area contributed by atoms with Gasteiger partial charge in [0, 0.05) is 38.2 Å². The molecule has 1 atom stereocenters. The van der Waals surface area contributed by atoms with Crippen molar-refractivity contribution in [3.8, 4) is 0 Å². The number of anilines is 1. The molecule has 0 unspecified atom stereocenters. The molecule has 0 radical (unpaired) electrons. The Bertz CT molecular complexity index is 827. The topological polar surface area (TPSA) is 59.8 Å². The van der Waals surface area contributed by atoms with Crippen molar-refractivity contribution in [1.29, 1.82) is 0 Å². The van der Waals surface area contributed by atoms with Crippen LogP contribution in [0.4, 0.5) is 10.1 Å². The second-order valence-electron chi connectivity index (χ2n) is 7.15. The highest BCUT2D eigenvalue weighted by atomic mass is 19.1. The van der Waals surface area contributed by atoms with Gasteiger partial charge in [-0.1, -0.05) is 6.07 Å². The largest absolute Gasteiger partial charge is 0.377 e. The molecule has 2 aliphatic heterocycles. The molecule has 4 rings (SSSR count). The zero-order chi connectivity index (χ0) is 18.9. The van der Waals surface area contributed by atoms with Gasteiger partial charge in [-0.05, 0) is 18.2 Å². The van der Waals surface area contributed by atoms with Crippen LogP contribution < -0.4 is 4.90 Å². The summed E-state index contributed by atoms with van der Waals surface area (Å²) in [4.78, 5) is 20.6. The highest BCUT2D eigenvalue weighted by molar-refractivity contribution is 5.95. The van der Waals surface area contributed by atoms with E-state index in [1.54, 1.807) is 23.2 Å². The number of hydrogen-bond donors (Lipinski definition) is 0. The van der Waals surface area contributed by atoms with Crippen molar-refractivity contribution >= 4 is 11.6 Å². The molecule has 1 spiro atoms. The highest BCUT2D eigenvalue weighted by Gasteiger charge is 2.43. The number of aromatic nitrogens is 2. The molecule has 27 heavy (non-hydrogen) atoms. The van der Waals surface area contributed by atoms with Crippen LogP contribution in [0.2, 0.25) is 0 Å². The van der Waals surface area contributed by atoms with E-state index < -0.39 is 5.60 Å². The molecule has 144 valence electrons. The van der Waals surface area contributed by atoms with E-state index >= 15 is 0 Å². The minimum atomic E-state index is -0.651. The second kappa shape index (κ2) is 7.38. The van der Waals surface area contributed by atoms with Crippen LogP contribution >= 0.6 is 0 Å². The summed E-state index contributed by atoms with van der Waals surface area (Å²) in [5.41, 5.74) is -0.107. The molecule has 2 aromatic rings. The lowest BCUT2D eigenvalue weighted by Crippen LogP contribution is -2.60. The number of carbonyl (C=O) groups is 1. The Balaban J connectivity index is 1.55. The van der Waals surface area contributed by atoms with E-state index in [4.69, 9.17) is 9.47 Å². The van der Waals surface area contributed by atoms with Gasteiger partial charge in [0.2, 0.25) is 0 Å². The molecule has 1 aromatic carbocycles. The molecular weight excluding hydrogens is 351 g/mol. The van der Waals surface area contributed by atoms with E-state index in [9.17, 15) is 9.18 Å². The molecule has 0 N–H and O–H groups in total. The van der Waals surface area contributed by atoms with Crippen molar-refractivity contribution in [1.82, 2.24) is 14.5 Å². The lowest BCUT2D eigenvalue weighted by atomic mass is 10.0. The summed E-state index contributed by atoms with van der Waals surface area (Å²) in [5.74, 6) is 0.418. The predicted octanol–water partition coefficient (Wildman–Crippen LogP) is 1.19. The van der Waals surface area contributed by atoms with Gasteiger partial charge >= 0.3 is 0 Å². The molecule has 2 fully saturated rings. The third-order valence-electron chi connectivity index (χ3n) is 5.08. The van der Waals surface area contributed by atoms with Crippen LogP contribution in [0.15, 0.2) is 36.7 Å². The molecule has 2 aliphatic rings. The fraction of sp³-hybridized carbons (Fsp3) is 0.474. The average molecular weight is 374 g/mol. The SMILES string of the molecule is Cn1ccnc1CN1CCOC[C@]2(C1)CN(c1cccc(F)c1)C(=O)CO2. The minimum absolute atomic E-state index is 0.0455. The maximum absolute atomic E-state index is 13.6. The van der Waals surface area contributed by atoms with Crippen LogP contribution in [-0.2, 0) is 27.9 Å². The Morgan fingerprint density at radius 3 is 3.00 bits per heavy atom. The van der Waals surface area contributed by atoms with Crippen LogP contribution in [0.25, 0.3) is 0 Å². The van der Waals surface area contributed by atoms with Crippen molar-refractivity contribution < 1.29 is 18.7 Å². The normalized spacial score (nSPS) is 24.4. The van der Waals surface area contributed by atoms with E-state index in [1.165, 1.54) is 12.1 Å². The maximum Gasteiger partial charge on any atom is 0.253 e. The number of nitrogens with zero attached hydrogens (tertiary/aromatic N) is 4. The molecule has 0 bridgehead atoms. The van der Waals surface area contributed by atoms with E-state index in [0.29, 0.717) is 38.5 Å². The van der Waals surface area contributed by atoms with Crippen LogP contribution in [0.1, 0.15) is 5.82 Å². The number of aryl methyl sites for hydroxylation is 1. The third-order valence-corrected chi connectivity index (χ3v) is 5.08. The van der Waals surface area contributed by atoms with Crippen LogP contribution in [0, 0.1) is 5.82 Å². The minimum Gasteiger partial charge on any atom is -0.377 e. The van der Waals surface area contributed by atoms with Crippen LogP contribution in [0.3, 0.4) is 0 Å². The van der Waals surface area contributed by atoms with Gasteiger partial charge in [-0.3, -0.25) is 9.69 Å². The van der Waals surface area contributed by atoms with Gasteiger partial charge < -0.3 is 18.9 Å².